The van der Waals surface area contributed by atoms with Crippen LogP contribution in [0.5, 0.6) is 0 Å². The van der Waals surface area contributed by atoms with E-state index in [9.17, 15) is 4.79 Å². The lowest BCUT2D eigenvalue weighted by Crippen LogP contribution is -2.31. The first-order valence-electron chi connectivity index (χ1n) is 10.7. The van der Waals surface area contributed by atoms with Crippen LogP contribution in [0.15, 0.2) is 53.3 Å². The molecule has 0 bridgehead atoms. The van der Waals surface area contributed by atoms with Crippen LogP contribution in [0.25, 0.3) is 0 Å². The third kappa shape index (κ3) is 4.41. The number of ether oxygens (including phenoxy) is 1. The molecule has 0 amide bonds. The topological polar surface area (TPSA) is 72.5 Å². The lowest BCUT2D eigenvalue weighted by Gasteiger charge is -2.28. The van der Waals surface area contributed by atoms with Crippen LogP contribution in [0.4, 0.5) is 0 Å². The number of thiocarbonyl (C=S) groups is 1. The van der Waals surface area contributed by atoms with Gasteiger partial charge in [0.05, 0.1) is 37.7 Å². The molecule has 2 atom stereocenters. The normalized spacial score (nSPS) is 18.1. The molecule has 7 nitrogen and oxygen atoms in total. The molecule has 0 aromatic carbocycles. The van der Waals surface area contributed by atoms with Gasteiger partial charge < -0.3 is 23.9 Å². The summed E-state index contributed by atoms with van der Waals surface area (Å²) >= 11 is 5.73. The van der Waals surface area contributed by atoms with Gasteiger partial charge in [-0.2, -0.15) is 0 Å². The number of carbonyl (C=O) groups is 1. The summed E-state index contributed by atoms with van der Waals surface area (Å²) in [6, 6.07) is 11.9. The highest BCUT2D eigenvalue weighted by atomic mass is 32.1. The van der Waals surface area contributed by atoms with Gasteiger partial charge in [-0.3, -0.25) is 9.78 Å². The maximum Gasteiger partial charge on any atom is 0.305 e. The molecular weight excluding hydrogens is 424 g/mol. The Hall–Kier alpha value is -3.13. The quantitative estimate of drug-likeness (QED) is 0.408. The number of aryl methyl sites for hydroxylation is 1. The van der Waals surface area contributed by atoms with Gasteiger partial charge in [-0.05, 0) is 68.4 Å². The smallest absolute Gasteiger partial charge is 0.305 e. The van der Waals surface area contributed by atoms with E-state index in [-0.39, 0.29) is 18.1 Å². The van der Waals surface area contributed by atoms with Crippen molar-refractivity contribution in [3.8, 4) is 0 Å². The van der Waals surface area contributed by atoms with Crippen LogP contribution < -0.4 is 5.32 Å². The summed E-state index contributed by atoms with van der Waals surface area (Å²) in [6.07, 6.45) is 4.51. The Labute approximate surface area is 193 Å². The molecule has 1 fully saturated rings. The molecule has 3 aromatic heterocycles. The van der Waals surface area contributed by atoms with Crippen LogP contribution in [0.2, 0.25) is 0 Å². The van der Waals surface area contributed by atoms with E-state index in [0.29, 0.717) is 31.0 Å². The molecule has 0 saturated carbocycles. The Balaban J connectivity index is 1.68. The van der Waals surface area contributed by atoms with Gasteiger partial charge in [-0.25, -0.2) is 0 Å². The molecule has 1 aliphatic heterocycles. The third-order valence-corrected chi connectivity index (χ3v) is 6.38. The average molecular weight is 453 g/mol. The molecule has 168 valence electrons. The fraction of sp³-hybridized carbons (Fsp3) is 0.375. The van der Waals surface area contributed by atoms with Crippen LogP contribution in [-0.4, -0.2) is 39.2 Å². The van der Waals surface area contributed by atoms with E-state index in [2.05, 4.69) is 39.7 Å². The van der Waals surface area contributed by atoms with Gasteiger partial charge in [0.25, 0.3) is 0 Å². The number of nitrogens with zero attached hydrogens (tertiary/aromatic N) is 3. The van der Waals surface area contributed by atoms with Gasteiger partial charge in [0.15, 0.2) is 5.11 Å². The van der Waals surface area contributed by atoms with Crippen molar-refractivity contribution in [3.63, 3.8) is 0 Å². The molecule has 4 rings (SSSR count). The van der Waals surface area contributed by atoms with Gasteiger partial charge in [0.2, 0.25) is 0 Å². The van der Waals surface area contributed by atoms with Crippen molar-refractivity contribution in [2.75, 3.05) is 13.7 Å². The fourth-order valence-electron chi connectivity index (χ4n) is 4.41. The number of nitrogens with one attached hydrogen (secondary N) is 1. The van der Waals surface area contributed by atoms with E-state index < -0.39 is 0 Å². The zero-order valence-corrected chi connectivity index (χ0v) is 19.4. The van der Waals surface area contributed by atoms with Crippen molar-refractivity contribution < 1.29 is 13.9 Å². The van der Waals surface area contributed by atoms with Crippen LogP contribution in [0, 0.1) is 13.8 Å². The van der Waals surface area contributed by atoms with Crippen molar-refractivity contribution in [1.29, 1.82) is 0 Å². The van der Waals surface area contributed by atoms with Crippen LogP contribution in [0.3, 0.4) is 0 Å². The number of rotatable bonds is 8. The van der Waals surface area contributed by atoms with Crippen molar-refractivity contribution in [2.45, 2.75) is 45.3 Å². The second-order valence-corrected chi connectivity index (χ2v) is 8.38. The molecule has 32 heavy (non-hydrogen) atoms. The van der Waals surface area contributed by atoms with Gasteiger partial charge >= 0.3 is 5.97 Å². The molecule has 0 aliphatic carbocycles. The first-order valence-corrected chi connectivity index (χ1v) is 11.1. The highest BCUT2D eigenvalue weighted by Gasteiger charge is 2.41. The number of carbonyl (C=O) groups excluding carboxylic acids is 1. The second-order valence-electron chi connectivity index (χ2n) is 7.99. The molecule has 0 unspecified atom stereocenters. The lowest BCUT2D eigenvalue weighted by molar-refractivity contribution is -0.140. The maximum absolute atomic E-state index is 11.6. The predicted molar refractivity (Wildman–Crippen MR) is 125 cm³/mol. The largest absolute Gasteiger partial charge is 0.469 e. The van der Waals surface area contributed by atoms with Gasteiger partial charge in [-0.1, -0.05) is 6.07 Å². The molecule has 0 radical (unpaired) electrons. The summed E-state index contributed by atoms with van der Waals surface area (Å²) in [7, 11) is 1.41. The standard InChI is InChI=1S/C24H28N4O3S/c1-16-14-19(17(2)28(16)15-18-8-7-13-31-18)23-22(20-9-4-5-11-25-20)26-24(32)27(23)12-6-10-21(29)30-3/h4-5,7-9,11,13-14,22-23H,6,10,12,15H2,1-3H3,(H,26,32)/t22-,23-/m0/s1. The SMILES string of the molecule is COC(=O)CCCN1C(=S)N[C@@H](c2ccccn2)[C@@H]1c1cc(C)n(Cc2ccco2)c1C. The predicted octanol–water partition coefficient (Wildman–Crippen LogP) is 4.07. The maximum atomic E-state index is 11.6. The lowest BCUT2D eigenvalue weighted by atomic mass is 9.96. The summed E-state index contributed by atoms with van der Waals surface area (Å²) in [5, 5.41) is 4.15. The molecular formula is C24H28N4O3S. The second kappa shape index (κ2) is 9.56. The summed E-state index contributed by atoms with van der Waals surface area (Å²) in [5.74, 6) is 0.701. The number of hydrogen-bond acceptors (Lipinski definition) is 5. The number of furan rings is 1. The number of methoxy groups -OCH3 is 1. The van der Waals surface area contributed by atoms with Crippen LogP contribution >= 0.6 is 12.2 Å². The highest BCUT2D eigenvalue weighted by Crippen LogP contribution is 2.41. The van der Waals surface area contributed by atoms with Gasteiger partial charge in [-0.15, -0.1) is 0 Å². The van der Waals surface area contributed by atoms with E-state index in [1.807, 2.05) is 30.3 Å². The third-order valence-electron chi connectivity index (χ3n) is 6.03. The molecule has 1 aliphatic rings. The first-order chi connectivity index (χ1) is 15.5. The minimum Gasteiger partial charge on any atom is -0.469 e. The Bertz CT molecular complexity index is 1080. The Morgan fingerprint density at radius 1 is 1.28 bits per heavy atom. The molecule has 1 N–H and O–H groups in total. The Kier molecular flexibility index (Phi) is 6.60. The molecule has 8 heteroatoms. The van der Waals surface area contributed by atoms with Crippen LogP contribution in [-0.2, 0) is 16.1 Å². The highest BCUT2D eigenvalue weighted by molar-refractivity contribution is 7.80. The van der Waals surface area contributed by atoms with Crippen molar-refractivity contribution >= 4 is 23.3 Å². The summed E-state index contributed by atoms with van der Waals surface area (Å²) < 4.78 is 12.6. The monoisotopic (exact) mass is 452 g/mol. The van der Waals surface area contributed by atoms with Crippen molar-refractivity contribution in [3.05, 3.63) is 77.3 Å². The van der Waals surface area contributed by atoms with Crippen LogP contribution in [0.1, 0.15) is 53.3 Å². The number of pyridine rings is 1. The number of hydrogen-bond donors (Lipinski definition) is 1. The van der Waals surface area contributed by atoms with E-state index >= 15 is 0 Å². The van der Waals surface area contributed by atoms with E-state index in [0.717, 1.165) is 22.8 Å². The fourth-order valence-corrected chi connectivity index (χ4v) is 4.74. The minimum absolute atomic E-state index is 0.0356. The summed E-state index contributed by atoms with van der Waals surface area (Å²) in [4.78, 5) is 18.4. The zero-order valence-electron chi connectivity index (χ0n) is 18.6. The zero-order chi connectivity index (χ0) is 22.7. The Morgan fingerprint density at radius 2 is 2.12 bits per heavy atom. The molecule has 3 aromatic rings. The average Bonchev–Trinajstić information content (AvgIpc) is 3.50. The first kappa shape index (κ1) is 22.1. The number of aromatic nitrogens is 2. The van der Waals surface area contributed by atoms with Crippen molar-refractivity contribution in [1.82, 2.24) is 19.8 Å². The van der Waals surface area contributed by atoms with E-state index in [4.69, 9.17) is 21.4 Å². The van der Waals surface area contributed by atoms with Crippen molar-refractivity contribution in [2.24, 2.45) is 0 Å². The summed E-state index contributed by atoms with van der Waals surface area (Å²) in [6.45, 7) is 5.56. The molecule has 0 spiro atoms. The van der Waals surface area contributed by atoms with Gasteiger partial charge in [0.1, 0.15) is 5.76 Å². The van der Waals surface area contributed by atoms with E-state index in [1.165, 1.54) is 12.7 Å². The molecule has 1 saturated heterocycles. The van der Waals surface area contributed by atoms with E-state index in [1.54, 1.807) is 12.5 Å². The summed E-state index contributed by atoms with van der Waals surface area (Å²) in [5.41, 5.74) is 4.44. The van der Waals surface area contributed by atoms with Gasteiger partial charge in [0, 0.05) is 30.6 Å². The number of esters is 1. The molecule has 4 heterocycles. The Morgan fingerprint density at radius 3 is 2.81 bits per heavy atom. The minimum atomic E-state index is -0.211.